The lowest BCUT2D eigenvalue weighted by Gasteiger charge is -2.13. The molecule has 2 aromatic carbocycles. The summed E-state index contributed by atoms with van der Waals surface area (Å²) in [5.74, 6) is -0.260. The van der Waals surface area contributed by atoms with E-state index in [1.807, 2.05) is 0 Å². The Hall–Kier alpha value is -2.93. The minimum Gasteiger partial charge on any atom is -0.496 e. The fourth-order valence-corrected chi connectivity index (χ4v) is 2.53. The van der Waals surface area contributed by atoms with Crippen LogP contribution in [0.25, 0.3) is 0 Å². The second kappa shape index (κ2) is 9.68. The third kappa shape index (κ3) is 5.79. The molecule has 7 nitrogen and oxygen atoms in total. The fourth-order valence-electron chi connectivity index (χ4n) is 2.34. The van der Waals surface area contributed by atoms with Gasteiger partial charge in [-0.1, -0.05) is 11.6 Å². The first-order valence-electron chi connectivity index (χ1n) is 8.16. The number of carboxylic acids is 1. The van der Waals surface area contributed by atoms with Crippen LogP contribution >= 0.6 is 11.6 Å². The highest BCUT2D eigenvalue weighted by Gasteiger charge is 2.13. The van der Waals surface area contributed by atoms with Crippen molar-refractivity contribution in [2.24, 2.45) is 0 Å². The largest absolute Gasteiger partial charge is 0.496 e. The summed E-state index contributed by atoms with van der Waals surface area (Å²) < 4.78 is 15.9. The van der Waals surface area contributed by atoms with E-state index in [0.29, 0.717) is 28.7 Å². The maximum absolute atomic E-state index is 12.5. The molecule has 0 unspecified atom stereocenters. The van der Waals surface area contributed by atoms with E-state index in [9.17, 15) is 9.59 Å². The molecule has 0 heterocycles. The van der Waals surface area contributed by atoms with E-state index in [0.717, 1.165) is 5.56 Å². The monoisotopic (exact) mass is 393 g/mol. The second-order valence-corrected chi connectivity index (χ2v) is 5.85. The standard InChI is InChI=1S/C19H20ClNO6/c1-3-26-17-9-12(4-6-16(17)27-11-18(22)23)19(24)21-10-13-8-14(20)5-7-15(13)25-2/h4-9H,3,10-11H2,1-2H3,(H,21,24)(H,22,23). The maximum atomic E-state index is 12.5. The highest BCUT2D eigenvalue weighted by atomic mass is 35.5. The number of rotatable bonds is 9. The van der Waals surface area contributed by atoms with Crippen LogP contribution in [0.3, 0.4) is 0 Å². The summed E-state index contributed by atoms with van der Waals surface area (Å²) >= 11 is 5.99. The Bertz CT molecular complexity index is 824. The van der Waals surface area contributed by atoms with Gasteiger partial charge in [0.25, 0.3) is 5.91 Å². The number of amides is 1. The van der Waals surface area contributed by atoms with Gasteiger partial charge in [-0.25, -0.2) is 4.79 Å². The molecular weight excluding hydrogens is 374 g/mol. The molecule has 8 heteroatoms. The molecule has 0 aliphatic carbocycles. The number of halogens is 1. The molecule has 0 radical (unpaired) electrons. The molecule has 2 N–H and O–H groups in total. The van der Waals surface area contributed by atoms with Gasteiger partial charge < -0.3 is 24.6 Å². The molecule has 0 fully saturated rings. The molecule has 0 aliphatic heterocycles. The molecule has 2 rings (SSSR count). The molecule has 0 atom stereocenters. The third-order valence-corrected chi connectivity index (χ3v) is 3.77. The second-order valence-electron chi connectivity index (χ2n) is 5.42. The van der Waals surface area contributed by atoms with Crippen molar-refractivity contribution in [1.82, 2.24) is 5.32 Å². The first kappa shape index (κ1) is 20.4. The normalized spacial score (nSPS) is 10.2. The Labute approximate surface area is 161 Å². The lowest BCUT2D eigenvalue weighted by Crippen LogP contribution is -2.23. The molecule has 0 saturated carbocycles. The van der Waals surface area contributed by atoms with Crippen LogP contribution < -0.4 is 19.5 Å². The number of ether oxygens (including phenoxy) is 3. The Balaban J connectivity index is 2.12. The van der Waals surface area contributed by atoms with Gasteiger partial charge in [0.05, 0.1) is 13.7 Å². The van der Waals surface area contributed by atoms with Crippen molar-refractivity contribution in [2.75, 3.05) is 20.3 Å². The number of nitrogens with one attached hydrogen (secondary N) is 1. The minimum absolute atomic E-state index is 0.226. The van der Waals surface area contributed by atoms with Crippen molar-refractivity contribution in [2.45, 2.75) is 13.5 Å². The van der Waals surface area contributed by atoms with Gasteiger partial charge in [0.2, 0.25) is 0 Å². The Morgan fingerprint density at radius 3 is 2.48 bits per heavy atom. The minimum atomic E-state index is -1.10. The van der Waals surface area contributed by atoms with Gasteiger partial charge in [-0.2, -0.15) is 0 Å². The Kier molecular flexibility index (Phi) is 7.31. The predicted octanol–water partition coefficient (Wildman–Crippen LogP) is 3.14. The van der Waals surface area contributed by atoms with Crippen molar-refractivity contribution in [1.29, 1.82) is 0 Å². The predicted molar refractivity (Wildman–Crippen MR) is 99.9 cm³/mol. The van der Waals surface area contributed by atoms with Crippen molar-refractivity contribution < 1.29 is 28.9 Å². The molecule has 144 valence electrons. The Morgan fingerprint density at radius 1 is 1.07 bits per heavy atom. The summed E-state index contributed by atoms with van der Waals surface area (Å²) in [7, 11) is 1.54. The van der Waals surface area contributed by atoms with Gasteiger partial charge in [0.1, 0.15) is 5.75 Å². The summed E-state index contributed by atoms with van der Waals surface area (Å²) in [6.07, 6.45) is 0. The van der Waals surface area contributed by atoms with Crippen LogP contribution in [0.5, 0.6) is 17.2 Å². The lowest BCUT2D eigenvalue weighted by atomic mass is 10.1. The van der Waals surface area contributed by atoms with Gasteiger partial charge >= 0.3 is 5.97 Å². The van der Waals surface area contributed by atoms with Crippen LogP contribution in [0.4, 0.5) is 0 Å². The summed E-state index contributed by atoms with van der Waals surface area (Å²) in [4.78, 5) is 23.1. The SMILES string of the molecule is CCOc1cc(C(=O)NCc2cc(Cl)ccc2OC)ccc1OCC(=O)O. The summed E-state index contributed by atoms with van der Waals surface area (Å²) in [5.41, 5.74) is 1.09. The first-order chi connectivity index (χ1) is 12.9. The maximum Gasteiger partial charge on any atom is 0.341 e. The zero-order valence-electron chi connectivity index (χ0n) is 15.0. The summed E-state index contributed by atoms with van der Waals surface area (Å²) in [5, 5.41) is 12.1. The fraction of sp³-hybridized carbons (Fsp3) is 0.263. The number of carboxylic acid groups (broad SMARTS) is 1. The van der Waals surface area contributed by atoms with Gasteiger partial charge in [-0.05, 0) is 43.3 Å². The number of carbonyl (C=O) groups excluding carboxylic acids is 1. The molecule has 0 bridgehead atoms. The zero-order chi connectivity index (χ0) is 19.8. The van der Waals surface area contributed by atoms with Gasteiger partial charge in [0.15, 0.2) is 18.1 Å². The molecule has 2 aromatic rings. The van der Waals surface area contributed by atoms with E-state index < -0.39 is 12.6 Å². The molecular formula is C19H20ClNO6. The van der Waals surface area contributed by atoms with E-state index in [-0.39, 0.29) is 18.2 Å². The highest BCUT2D eigenvalue weighted by molar-refractivity contribution is 6.30. The molecule has 0 saturated heterocycles. The van der Waals surface area contributed by atoms with Crippen molar-refractivity contribution in [3.8, 4) is 17.2 Å². The topological polar surface area (TPSA) is 94.1 Å². The Morgan fingerprint density at radius 2 is 1.81 bits per heavy atom. The van der Waals surface area contributed by atoms with E-state index in [1.54, 1.807) is 32.2 Å². The molecule has 0 aliphatic rings. The van der Waals surface area contributed by atoms with Gasteiger partial charge in [0, 0.05) is 22.7 Å². The molecule has 1 amide bonds. The molecule has 0 spiro atoms. The van der Waals surface area contributed by atoms with Crippen LogP contribution in [0, 0.1) is 0 Å². The molecule has 0 aromatic heterocycles. The van der Waals surface area contributed by atoms with E-state index in [2.05, 4.69) is 5.32 Å². The highest BCUT2D eigenvalue weighted by Crippen LogP contribution is 2.29. The van der Waals surface area contributed by atoms with Crippen LogP contribution in [0.15, 0.2) is 36.4 Å². The number of hydrogen-bond donors (Lipinski definition) is 2. The van der Waals surface area contributed by atoms with Crippen molar-refractivity contribution in [3.05, 3.63) is 52.5 Å². The number of carbonyl (C=O) groups is 2. The average molecular weight is 394 g/mol. The average Bonchev–Trinajstić information content (AvgIpc) is 2.65. The summed E-state index contributed by atoms with van der Waals surface area (Å²) in [6, 6.07) is 9.69. The lowest BCUT2D eigenvalue weighted by molar-refractivity contribution is -0.139. The van der Waals surface area contributed by atoms with E-state index in [4.69, 9.17) is 30.9 Å². The van der Waals surface area contributed by atoms with Crippen LogP contribution in [-0.4, -0.2) is 37.3 Å². The van der Waals surface area contributed by atoms with Gasteiger partial charge in [-0.3, -0.25) is 4.79 Å². The third-order valence-electron chi connectivity index (χ3n) is 3.54. The quantitative estimate of drug-likeness (QED) is 0.679. The van der Waals surface area contributed by atoms with E-state index in [1.165, 1.54) is 18.2 Å². The zero-order valence-corrected chi connectivity index (χ0v) is 15.7. The van der Waals surface area contributed by atoms with Crippen molar-refractivity contribution >= 4 is 23.5 Å². The van der Waals surface area contributed by atoms with Crippen LogP contribution in [-0.2, 0) is 11.3 Å². The summed E-state index contributed by atoms with van der Waals surface area (Å²) in [6.45, 7) is 1.84. The number of methoxy groups -OCH3 is 1. The van der Waals surface area contributed by atoms with Crippen molar-refractivity contribution in [3.63, 3.8) is 0 Å². The number of hydrogen-bond acceptors (Lipinski definition) is 5. The first-order valence-corrected chi connectivity index (χ1v) is 8.54. The molecule has 27 heavy (non-hydrogen) atoms. The van der Waals surface area contributed by atoms with Crippen LogP contribution in [0.2, 0.25) is 5.02 Å². The number of aliphatic carboxylic acids is 1. The van der Waals surface area contributed by atoms with E-state index >= 15 is 0 Å². The smallest absolute Gasteiger partial charge is 0.341 e. The van der Waals surface area contributed by atoms with Crippen LogP contribution in [0.1, 0.15) is 22.8 Å². The van der Waals surface area contributed by atoms with Gasteiger partial charge in [-0.15, -0.1) is 0 Å². The number of benzene rings is 2.